The van der Waals surface area contributed by atoms with E-state index in [9.17, 15) is 23.5 Å². The van der Waals surface area contributed by atoms with Crippen LogP contribution in [0.4, 0.5) is 8.78 Å². The normalized spacial score (nSPS) is 13.1. The Morgan fingerprint density at radius 1 is 0.745 bits per heavy atom. The Morgan fingerprint density at radius 2 is 1.43 bits per heavy atom. The van der Waals surface area contributed by atoms with Crippen molar-refractivity contribution in [1.82, 2.24) is 10.6 Å². The van der Waals surface area contributed by atoms with Crippen LogP contribution in [0.3, 0.4) is 0 Å². The number of aryl methyl sites for hydroxylation is 2. The first kappa shape index (κ1) is 35.7. The number of Topliss-reactive ketones (excluding diaryl/α,β-unsaturated/α-hetero) is 1. The average Bonchev–Trinajstić information content (AvgIpc) is 3.06. The zero-order chi connectivity index (χ0) is 33.6. The highest BCUT2D eigenvalue weighted by Gasteiger charge is 2.27. The third-order valence-electron chi connectivity index (χ3n) is 8.46. The number of unbranched alkanes of at least 4 members (excludes halogenated alkanes) is 1. The van der Waals surface area contributed by atoms with Gasteiger partial charge in [-0.15, -0.1) is 0 Å². The van der Waals surface area contributed by atoms with E-state index in [1.807, 2.05) is 66.7 Å². The van der Waals surface area contributed by atoms with Gasteiger partial charge in [0, 0.05) is 37.1 Å². The molecule has 0 heterocycles. The highest BCUT2D eigenvalue weighted by atomic mass is 19.1. The summed E-state index contributed by atoms with van der Waals surface area (Å²) in [4.78, 5) is 27.4. The van der Waals surface area contributed by atoms with Crippen LogP contribution >= 0.6 is 0 Å². The minimum atomic E-state index is -1.07. The van der Waals surface area contributed by atoms with Crippen molar-refractivity contribution < 1.29 is 23.5 Å². The van der Waals surface area contributed by atoms with E-state index in [1.165, 1.54) is 17.7 Å². The molecule has 0 aliphatic carbocycles. The minimum absolute atomic E-state index is 0.00507. The SMILES string of the molecule is CCCCc1ccc(C(=O)C(CC(=O)N[C@@H](Cc2cc(F)cc(F)c2)[C@H](O)CNCc2cccc(CC)c2)Cc2ccccc2)cc1. The van der Waals surface area contributed by atoms with Crippen LogP contribution in [0.5, 0.6) is 0 Å². The molecule has 0 spiro atoms. The van der Waals surface area contributed by atoms with Crippen LogP contribution in [0.25, 0.3) is 0 Å². The van der Waals surface area contributed by atoms with Crippen molar-refractivity contribution in [3.8, 4) is 0 Å². The molecule has 3 atom stereocenters. The topological polar surface area (TPSA) is 78.4 Å². The van der Waals surface area contributed by atoms with Gasteiger partial charge in [0.25, 0.3) is 0 Å². The van der Waals surface area contributed by atoms with Gasteiger partial charge in [0.2, 0.25) is 5.91 Å². The van der Waals surface area contributed by atoms with Crippen molar-refractivity contribution in [3.05, 3.63) is 142 Å². The number of amides is 1. The lowest BCUT2D eigenvalue weighted by Gasteiger charge is -2.26. The Bertz CT molecular complexity index is 1560. The predicted octanol–water partition coefficient (Wildman–Crippen LogP) is 7.18. The number of aliphatic hydroxyl groups is 1. The Labute approximate surface area is 277 Å². The van der Waals surface area contributed by atoms with Crippen molar-refractivity contribution in [3.63, 3.8) is 0 Å². The van der Waals surface area contributed by atoms with Crippen LogP contribution in [-0.2, 0) is 37.0 Å². The lowest BCUT2D eigenvalue weighted by Crippen LogP contribution is -2.49. The number of halogens is 2. The van der Waals surface area contributed by atoms with Crippen molar-refractivity contribution >= 4 is 11.7 Å². The molecule has 5 nitrogen and oxygen atoms in total. The Kier molecular flexibility index (Phi) is 13.8. The fourth-order valence-electron chi connectivity index (χ4n) is 5.83. The molecule has 47 heavy (non-hydrogen) atoms. The second kappa shape index (κ2) is 18.2. The molecule has 0 aromatic heterocycles. The van der Waals surface area contributed by atoms with E-state index < -0.39 is 35.6 Å². The van der Waals surface area contributed by atoms with E-state index in [0.717, 1.165) is 48.4 Å². The number of ketones is 1. The molecule has 0 bridgehead atoms. The van der Waals surface area contributed by atoms with E-state index in [2.05, 4.69) is 36.6 Å². The maximum Gasteiger partial charge on any atom is 0.221 e. The molecule has 3 N–H and O–H groups in total. The van der Waals surface area contributed by atoms with Crippen LogP contribution in [-0.4, -0.2) is 35.5 Å². The van der Waals surface area contributed by atoms with E-state index in [-0.39, 0.29) is 25.2 Å². The van der Waals surface area contributed by atoms with Crippen LogP contribution < -0.4 is 10.6 Å². The average molecular weight is 641 g/mol. The molecule has 4 aromatic rings. The molecule has 4 aromatic carbocycles. The summed E-state index contributed by atoms with van der Waals surface area (Å²) in [7, 11) is 0. The number of carbonyl (C=O) groups is 2. The Hall–Kier alpha value is -4.20. The number of aliphatic hydroxyl groups excluding tert-OH is 1. The monoisotopic (exact) mass is 640 g/mol. The lowest BCUT2D eigenvalue weighted by molar-refractivity contribution is -0.123. The molecule has 248 valence electrons. The molecule has 7 heteroatoms. The molecule has 1 unspecified atom stereocenters. The molecule has 1 amide bonds. The van der Waals surface area contributed by atoms with E-state index in [4.69, 9.17) is 0 Å². The van der Waals surface area contributed by atoms with Gasteiger partial charge in [-0.1, -0.05) is 99.1 Å². The number of hydrogen-bond acceptors (Lipinski definition) is 4. The van der Waals surface area contributed by atoms with Crippen LogP contribution in [0, 0.1) is 17.6 Å². The maximum atomic E-state index is 14.1. The Balaban J connectivity index is 1.49. The fourth-order valence-corrected chi connectivity index (χ4v) is 5.83. The number of rotatable bonds is 18. The van der Waals surface area contributed by atoms with Crippen molar-refractivity contribution in [2.75, 3.05) is 6.54 Å². The first-order valence-electron chi connectivity index (χ1n) is 16.6. The zero-order valence-electron chi connectivity index (χ0n) is 27.4. The Morgan fingerprint density at radius 3 is 2.11 bits per heavy atom. The van der Waals surface area contributed by atoms with Crippen molar-refractivity contribution in [2.45, 2.75) is 77.5 Å². The van der Waals surface area contributed by atoms with E-state index in [1.54, 1.807) is 0 Å². The number of carbonyl (C=O) groups excluding carboxylic acids is 2. The van der Waals surface area contributed by atoms with Crippen molar-refractivity contribution in [2.24, 2.45) is 5.92 Å². The molecule has 0 aliphatic rings. The highest BCUT2D eigenvalue weighted by molar-refractivity contribution is 6.00. The van der Waals surface area contributed by atoms with Gasteiger partial charge in [0.1, 0.15) is 11.6 Å². The zero-order valence-corrected chi connectivity index (χ0v) is 27.4. The standard InChI is InChI=1S/C40H46F2N2O3/c1-3-5-10-29-15-17-33(18-16-29)40(47)34(20-30-11-7-6-8-12-30)24-39(46)44-37(23-32-21-35(41)25-36(42)22-32)38(45)27-43-26-31-14-9-13-28(4-2)19-31/h6-9,11-19,21-22,25,34,37-38,43,45H,3-5,10,20,23-24,26-27H2,1-2H3,(H,44,46)/t34?,37-,38+/m0/s1. The first-order valence-corrected chi connectivity index (χ1v) is 16.6. The van der Waals surface area contributed by atoms with Gasteiger partial charge < -0.3 is 15.7 Å². The van der Waals surface area contributed by atoms with E-state index in [0.29, 0.717) is 24.1 Å². The van der Waals surface area contributed by atoms with Gasteiger partial charge in [-0.05, 0) is 72.1 Å². The van der Waals surface area contributed by atoms with Crippen molar-refractivity contribution in [1.29, 1.82) is 0 Å². The smallest absolute Gasteiger partial charge is 0.221 e. The molecular formula is C40H46F2N2O3. The third-order valence-corrected chi connectivity index (χ3v) is 8.46. The largest absolute Gasteiger partial charge is 0.390 e. The summed E-state index contributed by atoms with van der Waals surface area (Å²) in [6, 6.07) is 27.6. The molecule has 0 radical (unpaired) electrons. The summed E-state index contributed by atoms with van der Waals surface area (Å²) in [6.07, 6.45) is 3.20. The summed E-state index contributed by atoms with van der Waals surface area (Å²) in [5.41, 5.74) is 5.21. The molecular weight excluding hydrogens is 594 g/mol. The van der Waals surface area contributed by atoms with Crippen LogP contribution in [0.2, 0.25) is 0 Å². The lowest BCUT2D eigenvalue weighted by atomic mass is 9.87. The van der Waals surface area contributed by atoms with Gasteiger partial charge in [-0.2, -0.15) is 0 Å². The molecule has 0 fully saturated rings. The summed E-state index contributed by atoms with van der Waals surface area (Å²) in [6.45, 7) is 4.86. The molecule has 0 aliphatic heterocycles. The summed E-state index contributed by atoms with van der Waals surface area (Å²) < 4.78 is 28.1. The second-order valence-corrected chi connectivity index (χ2v) is 12.3. The van der Waals surface area contributed by atoms with Gasteiger partial charge >= 0.3 is 0 Å². The van der Waals surface area contributed by atoms with Gasteiger partial charge in [-0.3, -0.25) is 9.59 Å². The van der Waals surface area contributed by atoms with Gasteiger partial charge in [0.15, 0.2) is 5.78 Å². The number of hydrogen-bond donors (Lipinski definition) is 3. The third kappa shape index (κ3) is 11.5. The molecule has 0 saturated heterocycles. The first-order chi connectivity index (χ1) is 22.7. The summed E-state index contributed by atoms with van der Waals surface area (Å²) in [5.74, 6) is -2.67. The molecule has 0 saturated carbocycles. The highest BCUT2D eigenvalue weighted by Crippen LogP contribution is 2.21. The van der Waals surface area contributed by atoms with E-state index >= 15 is 0 Å². The fraction of sp³-hybridized carbons (Fsp3) is 0.350. The van der Waals surface area contributed by atoms with Crippen LogP contribution in [0.1, 0.15) is 71.3 Å². The van der Waals surface area contributed by atoms with Gasteiger partial charge in [-0.25, -0.2) is 8.78 Å². The molecule has 4 rings (SSSR count). The second-order valence-electron chi connectivity index (χ2n) is 12.3. The van der Waals surface area contributed by atoms with Gasteiger partial charge in [0.05, 0.1) is 12.1 Å². The maximum absolute atomic E-state index is 14.1. The summed E-state index contributed by atoms with van der Waals surface area (Å²) in [5, 5.41) is 17.4. The summed E-state index contributed by atoms with van der Waals surface area (Å²) >= 11 is 0. The predicted molar refractivity (Wildman–Crippen MR) is 183 cm³/mol. The number of benzene rings is 4. The quantitative estimate of drug-likeness (QED) is 0.101. The minimum Gasteiger partial charge on any atom is -0.390 e. The van der Waals surface area contributed by atoms with Crippen LogP contribution in [0.15, 0.2) is 97.1 Å². The number of nitrogens with one attached hydrogen (secondary N) is 2.